The first-order valence-electron chi connectivity index (χ1n) is 14.5. The Bertz CT molecular complexity index is 1610. The van der Waals surface area contributed by atoms with Gasteiger partial charge in [0.1, 0.15) is 12.6 Å². The van der Waals surface area contributed by atoms with E-state index in [-0.39, 0.29) is 34.8 Å². The van der Waals surface area contributed by atoms with Gasteiger partial charge in [-0.2, -0.15) is 0 Å². The number of carbonyl (C=O) groups excluding carboxylic acids is 2. The second-order valence-corrected chi connectivity index (χ2v) is 13.9. The van der Waals surface area contributed by atoms with Crippen LogP contribution in [0.4, 0.5) is 5.69 Å². The number of nitrogens with zero attached hydrogens (tertiary/aromatic N) is 2. The Labute approximate surface area is 279 Å². The molecule has 0 aromatic heterocycles. The summed E-state index contributed by atoms with van der Waals surface area (Å²) in [7, 11) is -1.50. The van der Waals surface area contributed by atoms with E-state index >= 15 is 0 Å². The molecule has 1 N–H and O–H groups in total. The summed E-state index contributed by atoms with van der Waals surface area (Å²) in [6.07, 6.45) is 4.91. The van der Waals surface area contributed by atoms with Crippen molar-refractivity contribution in [3.63, 3.8) is 0 Å². The van der Waals surface area contributed by atoms with E-state index in [1.165, 1.54) is 61.6 Å². The summed E-state index contributed by atoms with van der Waals surface area (Å²) in [5.41, 5.74) is 0.826. The van der Waals surface area contributed by atoms with E-state index in [4.69, 9.17) is 44.3 Å². The van der Waals surface area contributed by atoms with E-state index in [0.717, 1.165) is 36.4 Å². The maximum atomic E-state index is 14.2. The molecule has 1 aliphatic rings. The van der Waals surface area contributed by atoms with Crippen molar-refractivity contribution in [1.82, 2.24) is 10.2 Å². The average Bonchev–Trinajstić information content (AvgIpc) is 3.04. The molecule has 1 aliphatic carbocycles. The van der Waals surface area contributed by atoms with Crippen LogP contribution in [0.5, 0.6) is 11.5 Å². The van der Waals surface area contributed by atoms with Gasteiger partial charge in [-0.25, -0.2) is 8.42 Å². The van der Waals surface area contributed by atoms with E-state index in [1.807, 2.05) is 0 Å². The molecule has 45 heavy (non-hydrogen) atoms. The summed E-state index contributed by atoms with van der Waals surface area (Å²) < 4.78 is 39.9. The topological polar surface area (TPSA) is 105 Å². The number of benzene rings is 3. The minimum atomic E-state index is -4.34. The molecule has 4 rings (SSSR count). The summed E-state index contributed by atoms with van der Waals surface area (Å²) in [6, 6.07) is 14.3. The van der Waals surface area contributed by atoms with Crippen molar-refractivity contribution in [2.24, 2.45) is 0 Å². The number of hydrogen-bond acceptors (Lipinski definition) is 6. The van der Waals surface area contributed by atoms with Gasteiger partial charge >= 0.3 is 0 Å². The Hall–Kier alpha value is -3.18. The lowest BCUT2D eigenvalue weighted by atomic mass is 9.95. The fourth-order valence-electron chi connectivity index (χ4n) is 5.23. The highest BCUT2D eigenvalue weighted by molar-refractivity contribution is 7.92. The SMILES string of the molecule is COc1ccc(S(=O)(=O)N(CC(=O)N(Cc2ccc(Cl)c(Cl)c2)[C@H](C)C(=O)NC2CCCCC2)c2ccc(Cl)cc2)cc1OC. The fraction of sp³-hybridized carbons (Fsp3) is 0.375. The van der Waals surface area contributed by atoms with E-state index in [2.05, 4.69) is 5.32 Å². The molecule has 0 heterocycles. The molecule has 3 aromatic carbocycles. The molecule has 2 amide bonds. The number of anilines is 1. The number of ether oxygens (including phenoxy) is 2. The van der Waals surface area contributed by atoms with Gasteiger partial charge in [0.25, 0.3) is 10.0 Å². The third kappa shape index (κ3) is 8.55. The van der Waals surface area contributed by atoms with Gasteiger partial charge < -0.3 is 19.7 Å². The van der Waals surface area contributed by atoms with Crippen molar-refractivity contribution in [3.8, 4) is 11.5 Å². The van der Waals surface area contributed by atoms with Crippen molar-refractivity contribution in [3.05, 3.63) is 81.3 Å². The van der Waals surface area contributed by atoms with Crippen molar-refractivity contribution < 1.29 is 27.5 Å². The molecule has 1 atom stereocenters. The Morgan fingerprint density at radius 1 is 0.889 bits per heavy atom. The molecule has 9 nitrogen and oxygen atoms in total. The molecular formula is C32H36Cl3N3O6S. The van der Waals surface area contributed by atoms with Crippen LogP contribution in [0, 0.1) is 0 Å². The molecular weight excluding hydrogens is 661 g/mol. The van der Waals surface area contributed by atoms with Crippen molar-refractivity contribution >= 4 is 62.3 Å². The standard InChI is InChI=1S/C32H36Cl3N3O6S/c1-21(32(40)36-24-7-5-4-6-8-24)37(19-22-9-15-27(34)28(35)17-22)31(39)20-38(25-12-10-23(33)11-13-25)45(41,42)26-14-16-29(43-2)30(18-26)44-3/h9-18,21,24H,4-8,19-20H2,1-3H3,(H,36,40)/t21-/m1/s1. The maximum Gasteiger partial charge on any atom is 0.264 e. The van der Waals surface area contributed by atoms with Crippen LogP contribution < -0.4 is 19.1 Å². The van der Waals surface area contributed by atoms with Crippen LogP contribution in [0.1, 0.15) is 44.6 Å². The number of sulfonamides is 1. The summed E-state index contributed by atoms with van der Waals surface area (Å²) >= 11 is 18.5. The molecule has 1 saturated carbocycles. The highest BCUT2D eigenvalue weighted by Crippen LogP contribution is 2.33. The molecule has 0 radical (unpaired) electrons. The van der Waals surface area contributed by atoms with Gasteiger partial charge in [0.15, 0.2) is 11.5 Å². The first-order chi connectivity index (χ1) is 21.4. The lowest BCUT2D eigenvalue weighted by Crippen LogP contribution is -2.53. The smallest absolute Gasteiger partial charge is 0.264 e. The number of amides is 2. The van der Waals surface area contributed by atoms with E-state index < -0.39 is 28.5 Å². The highest BCUT2D eigenvalue weighted by atomic mass is 35.5. The Morgan fingerprint density at radius 2 is 1.56 bits per heavy atom. The molecule has 3 aromatic rings. The van der Waals surface area contributed by atoms with E-state index in [1.54, 1.807) is 25.1 Å². The van der Waals surface area contributed by atoms with Gasteiger partial charge in [0, 0.05) is 23.7 Å². The first kappa shape index (κ1) is 34.7. The molecule has 242 valence electrons. The first-order valence-corrected chi connectivity index (χ1v) is 17.1. The maximum absolute atomic E-state index is 14.2. The fourth-order valence-corrected chi connectivity index (χ4v) is 7.10. The van der Waals surface area contributed by atoms with Crippen LogP contribution in [-0.4, -0.2) is 58.0 Å². The van der Waals surface area contributed by atoms with Gasteiger partial charge in [-0.1, -0.05) is 60.1 Å². The molecule has 0 saturated heterocycles. The van der Waals surface area contributed by atoms with Gasteiger partial charge in [0.05, 0.1) is 34.8 Å². The zero-order valence-electron chi connectivity index (χ0n) is 25.3. The monoisotopic (exact) mass is 695 g/mol. The third-order valence-electron chi connectivity index (χ3n) is 7.79. The highest BCUT2D eigenvalue weighted by Gasteiger charge is 2.34. The van der Waals surface area contributed by atoms with Gasteiger partial charge in [-0.3, -0.25) is 13.9 Å². The summed E-state index contributed by atoms with van der Waals surface area (Å²) in [6.45, 7) is 1.00. The number of rotatable bonds is 12. The molecule has 1 fully saturated rings. The van der Waals surface area contributed by atoms with Crippen molar-refractivity contribution in [2.75, 3.05) is 25.1 Å². The Morgan fingerprint density at radius 3 is 2.18 bits per heavy atom. The van der Waals surface area contributed by atoms with E-state index in [9.17, 15) is 18.0 Å². The predicted molar refractivity (Wildman–Crippen MR) is 177 cm³/mol. The third-order valence-corrected chi connectivity index (χ3v) is 10.6. The number of carbonyl (C=O) groups is 2. The van der Waals surface area contributed by atoms with Crippen LogP contribution in [-0.2, 0) is 26.2 Å². The second kappa shape index (κ2) is 15.4. The summed E-state index contributed by atoms with van der Waals surface area (Å²) in [4.78, 5) is 28.9. The number of hydrogen-bond donors (Lipinski definition) is 1. The normalized spacial score (nSPS) is 14.4. The Balaban J connectivity index is 1.71. The summed E-state index contributed by atoms with van der Waals surface area (Å²) in [5, 5.41) is 4.11. The van der Waals surface area contributed by atoms with Crippen LogP contribution in [0.2, 0.25) is 15.1 Å². The van der Waals surface area contributed by atoms with Gasteiger partial charge in [-0.05, 0) is 73.9 Å². The minimum absolute atomic E-state index is 0.0140. The second-order valence-electron chi connectivity index (χ2n) is 10.8. The lowest BCUT2D eigenvalue weighted by Gasteiger charge is -2.33. The molecule has 0 bridgehead atoms. The predicted octanol–water partition coefficient (Wildman–Crippen LogP) is 6.73. The van der Waals surface area contributed by atoms with Crippen LogP contribution in [0.15, 0.2) is 65.6 Å². The van der Waals surface area contributed by atoms with Crippen LogP contribution in [0.25, 0.3) is 0 Å². The zero-order chi connectivity index (χ0) is 32.7. The Kier molecular flexibility index (Phi) is 11.9. The largest absolute Gasteiger partial charge is 0.493 e. The van der Waals surface area contributed by atoms with Gasteiger partial charge in [-0.15, -0.1) is 0 Å². The van der Waals surface area contributed by atoms with Gasteiger partial charge in [0.2, 0.25) is 11.8 Å². The molecule has 0 unspecified atom stereocenters. The number of halogens is 3. The van der Waals surface area contributed by atoms with Crippen molar-refractivity contribution in [2.45, 2.75) is 62.6 Å². The van der Waals surface area contributed by atoms with Crippen LogP contribution in [0.3, 0.4) is 0 Å². The van der Waals surface area contributed by atoms with Crippen LogP contribution >= 0.6 is 34.8 Å². The van der Waals surface area contributed by atoms with E-state index in [0.29, 0.717) is 26.4 Å². The number of methoxy groups -OCH3 is 2. The quantitative estimate of drug-likeness (QED) is 0.225. The van der Waals surface area contributed by atoms with Crippen molar-refractivity contribution in [1.29, 1.82) is 0 Å². The zero-order valence-corrected chi connectivity index (χ0v) is 28.3. The minimum Gasteiger partial charge on any atom is -0.493 e. The lowest BCUT2D eigenvalue weighted by molar-refractivity contribution is -0.139. The molecule has 13 heteroatoms. The summed E-state index contributed by atoms with van der Waals surface area (Å²) in [5.74, 6) is -0.381. The molecule has 0 spiro atoms. The molecule has 0 aliphatic heterocycles. The number of nitrogens with one attached hydrogen (secondary N) is 1. The average molecular weight is 697 g/mol.